The van der Waals surface area contributed by atoms with E-state index in [0.717, 1.165) is 11.3 Å². The Balaban J connectivity index is 2.65. The van der Waals surface area contributed by atoms with Gasteiger partial charge in [0.1, 0.15) is 15.6 Å². The molecule has 0 aromatic carbocycles. The Morgan fingerprint density at radius 1 is 1.53 bits per heavy atom. The highest BCUT2D eigenvalue weighted by molar-refractivity contribution is 7.90. The highest BCUT2D eigenvalue weighted by Crippen LogP contribution is 2.19. The first-order chi connectivity index (χ1) is 6.92. The lowest BCUT2D eigenvalue weighted by molar-refractivity contribution is 0.516. The average Bonchev–Trinajstić information content (AvgIpc) is 2.51. The van der Waals surface area contributed by atoms with Crippen molar-refractivity contribution in [1.82, 2.24) is 5.32 Å². The molecule has 0 saturated carbocycles. The van der Waals surface area contributed by atoms with Crippen LogP contribution in [0.4, 0.5) is 0 Å². The summed E-state index contributed by atoms with van der Waals surface area (Å²) in [6.07, 6.45) is 3.48. The molecule has 1 heterocycles. The fourth-order valence-electron chi connectivity index (χ4n) is 1.46. The van der Waals surface area contributed by atoms with Crippen LogP contribution in [0.25, 0.3) is 0 Å². The van der Waals surface area contributed by atoms with E-state index in [1.165, 1.54) is 6.26 Å². The van der Waals surface area contributed by atoms with Crippen molar-refractivity contribution in [2.75, 3.05) is 19.1 Å². The summed E-state index contributed by atoms with van der Waals surface area (Å²) in [5.74, 6) is 1.02. The number of hydrogen-bond acceptors (Lipinski definition) is 4. The molecular formula is C10H17NO3S. The molecule has 15 heavy (non-hydrogen) atoms. The number of hydrogen-bond donors (Lipinski definition) is 1. The van der Waals surface area contributed by atoms with Gasteiger partial charge in [-0.15, -0.1) is 0 Å². The summed E-state index contributed by atoms with van der Waals surface area (Å²) >= 11 is 0. The maximum absolute atomic E-state index is 11.0. The first kappa shape index (κ1) is 12.3. The molecular weight excluding hydrogens is 214 g/mol. The third-order valence-corrected chi connectivity index (χ3v) is 3.26. The summed E-state index contributed by atoms with van der Waals surface area (Å²) in [6, 6.07) is 1.96. The summed E-state index contributed by atoms with van der Waals surface area (Å²) in [6.45, 7) is 1.87. The van der Waals surface area contributed by atoms with Crippen LogP contribution in [0.1, 0.15) is 23.8 Å². The topological polar surface area (TPSA) is 59.3 Å². The first-order valence-corrected chi connectivity index (χ1v) is 6.88. The third kappa shape index (κ3) is 4.05. The molecule has 0 amide bonds. The highest BCUT2D eigenvalue weighted by Gasteiger charge is 2.14. The molecule has 1 N–H and O–H groups in total. The molecule has 0 fully saturated rings. The van der Waals surface area contributed by atoms with Crippen molar-refractivity contribution in [2.45, 2.75) is 19.4 Å². The van der Waals surface area contributed by atoms with Crippen LogP contribution in [0.2, 0.25) is 0 Å². The standard InChI is InChI=1S/C10H17NO3S/c1-8-6-9(7-14-8)10(11-2)4-5-15(3,12)13/h6-7,10-11H,4-5H2,1-3H3. The first-order valence-electron chi connectivity index (χ1n) is 4.82. The van der Waals surface area contributed by atoms with Gasteiger partial charge in [-0.2, -0.15) is 0 Å². The van der Waals surface area contributed by atoms with Gasteiger partial charge in [0.25, 0.3) is 0 Å². The largest absolute Gasteiger partial charge is 0.469 e. The number of nitrogens with one attached hydrogen (secondary N) is 1. The molecule has 1 atom stereocenters. The van der Waals surface area contributed by atoms with Gasteiger partial charge >= 0.3 is 0 Å². The van der Waals surface area contributed by atoms with E-state index in [1.54, 1.807) is 6.26 Å². The maximum Gasteiger partial charge on any atom is 0.147 e. The molecule has 86 valence electrons. The fraction of sp³-hybridized carbons (Fsp3) is 0.600. The average molecular weight is 231 g/mol. The molecule has 1 unspecified atom stereocenters. The Labute approximate surface area is 90.6 Å². The van der Waals surface area contributed by atoms with Gasteiger partial charge in [0.15, 0.2) is 0 Å². The van der Waals surface area contributed by atoms with Crippen molar-refractivity contribution in [1.29, 1.82) is 0 Å². The van der Waals surface area contributed by atoms with Gasteiger partial charge in [0.2, 0.25) is 0 Å². The van der Waals surface area contributed by atoms with E-state index in [1.807, 2.05) is 20.0 Å². The molecule has 1 aromatic rings. The Kier molecular flexibility index (Phi) is 3.93. The van der Waals surface area contributed by atoms with Crippen LogP contribution in [-0.4, -0.2) is 27.5 Å². The van der Waals surface area contributed by atoms with Crippen LogP contribution >= 0.6 is 0 Å². The molecule has 1 rings (SSSR count). The normalized spacial score (nSPS) is 14.1. The van der Waals surface area contributed by atoms with Gasteiger partial charge in [0.05, 0.1) is 12.0 Å². The van der Waals surface area contributed by atoms with Crippen LogP contribution in [0.15, 0.2) is 16.7 Å². The SMILES string of the molecule is CNC(CCS(C)(=O)=O)c1coc(C)c1. The van der Waals surface area contributed by atoms with Gasteiger partial charge in [-0.3, -0.25) is 0 Å². The third-order valence-electron chi connectivity index (χ3n) is 2.28. The quantitative estimate of drug-likeness (QED) is 0.829. The van der Waals surface area contributed by atoms with Gasteiger partial charge in [-0.25, -0.2) is 8.42 Å². The second kappa shape index (κ2) is 4.81. The van der Waals surface area contributed by atoms with Crippen molar-refractivity contribution in [3.63, 3.8) is 0 Å². The van der Waals surface area contributed by atoms with E-state index in [2.05, 4.69) is 5.32 Å². The molecule has 1 aromatic heterocycles. The van der Waals surface area contributed by atoms with Crippen molar-refractivity contribution < 1.29 is 12.8 Å². The van der Waals surface area contributed by atoms with E-state index in [4.69, 9.17) is 4.42 Å². The Morgan fingerprint density at radius 3 is 2.60 bits per heavy atom. The number of sulfone groups is 1. The van der Waals surface area contributed by atoms with Gasteiger partial charge < -0.3 is 9.73 Å². The van der Waals surface area contributed by atoms with Crippen molar-refractivity contribution in [3.05, 3.63) is 23.7 Å². The molecule has 0 aliphatic heterocycles. The van der Waals surface area contributed by atoms with Crippen LogP contribution in [0.5, 0.6) is 0 Å². The van der Waals surface area contributed by atoms with Crippen molar-refractivity contribution in [3.8, 4) is 0 Å². The molecule has 0 aliphatic carbocycles. The van der Waals surface area contributed by atoms with E-state index in [-0.39, 0.29) is 11.8 Å². The smallest absolute Gasteiger partial charge is 0.147 e. The van der Waals surface area contributed by atoms with Gasteiger partial charge in [-0.05, 0) is 26.5 Å². The zero-order valence-electron chi connectivity index (χ0n) is 9.28. The van der Waals surface area contributed by atoms with Crippen molar-refractivity contribution in [2.24, 2.45) is 0 Å². The summed E-state index contributed by atoms with van der Waals surface area (Å²) in [7, 11) is -1.09. The summed E-state index contributed by atoms with van der Waals surface area (Å²) in [5.41, 5.74) is 0.999. The monoisotopic (exact) mass is 231 g/mol. The van der Waals surface area contributed by atoms with Crippen molar-refractivity contribution >= 4 is 9.84 Å². The van der Waals surface area contributed by atoms with E-state index < -0.39 is 9.84 Å². The number of aryl methyl sites for hydroxylation is 1. The second-order valence-electron chi connectivity index (χ2n) is 3.75. The highest BCUT2D eigenvalue weighted by atomic mass is 32.2. The zero-order chi connectivity index (χ0) is 11.5. The van der Waals surface area contributed by atoms with Crippen LogP contribution in [0, 0.1) is 6.92 Å². The Hall–Kier alpha value is -0.810. The Morgan fingerprint density at radius 2 is 2.20 bits per heavy atom. The second-order valence-corrected chi connectivity index (χ2v) is 6.01. The lowest BCUT2D eigenvalue weighted by atomic mass is 10.1. The predicted molar refractivity (Wildman–Crippen MR) is 59.6 cm³/mol. The van der Waals surface area contributed by atoms with E-state index in [0.29, 0.717) is 6.42 Å². The number of furan rings is 1. The molecule has 0 radical (unpaired) electrons. The van der Waals surface area contributed by atoms with Crippen LogP contribution in [0.3, 0.4) is 0 Å². The van der Waals surface area contributed by atoms with E-state index >= 15 is 0 Å². The van der Waals surface area contributed by atoms with Gasteiger partial charge in [-0.1, -0.05) is 0 Å². The minimum absolute atomic E-state index is 0.0391. The Bertz CT molecular complexity index is 408. The van der Waals surface area contributed by atoms with E-state index in [9.17, 15) is 8.42 Å². The molecule has 5 heteroatoms. The summed E-state index contributed by atoms with van der Waals surface area (Å²) < 4.78 is 27.3. The number of rotatable bonds is 5. The predicted octanol–water partition coefficient (Wildman–Crippen LogP) is 1.28. The molecule has 0 spiro atoms. The summed E-state index contributed by atoms with van der Waals surface area (Å²) in [4.78, 5) is 0. The minimum atomic E-state index is -2.90. The molecule has 0 bridgehead atoms. The fourth-order valence-corrected chi connectivity index (χ4v) is 2.12. The lowest BCUT2D eigenvalue weighted by Crippen LogP contribution is -2.19. The van der Waals surface area contributed by atoms with Crippen LogP contribution in [-0.2, 0) is 9.84 Å². The molecule has 4 nitrogen and oxygen atoms in total. The zero-order valence-corrected chi connectivity index (χ0v) is 10.1. The maximum atomic E-state index is 11.0. The lowest BCUT2D eigenvalue weighted by Gasteiger charge is -2.13. The van der Waals surface area contributed by atoms with Gasteiger partial charge in [0, 0.05) is 17.9 Å². The summed E-state index contributed by atoms with van der Waals surface area (Å²) in [5, 5.41) is 3.08. The molecule has 0 aliphatic rings. The van der Waals surface area contributed by atoms with Crippen LogP contribution < -0.4 is 5.32 Å². The minimum Gasteiger partial charge on any atom is -0.469 e. The molecule has 0 saturated heterocycles.